The topological polar surface area (TPSA) is 102 Å². The highest BCUT2D eigenvalue weighted by atomic mass is 16.6. The smallest absolute Gasteiger partial charge is 0.372 e. The monoisotopic (exact) mass is 255 g/mol. The zero-order valence-corrected chi connectivity index (χ0v) is 10.5. The van der Waals surface area contributed by atoms with Crippen molar-refractivity contribution in [3.63, 3.8) is 0 Å². The maximum Gasteiger partial charge on any atom is 0.372 e. The van der Waals surface area contributed by atoms with Crippen molar-refractivity contribution in [2.45, 2.75) is 13.3 Å². The van der Waals surface area contributed by atoms with Gasteiger partial charge in [-0.2, -0.15) is 4.98 Å². The lowest BCUT2D eigenvalue weighted by molar-refractivity contribution is -0.385. The van der Waals surface area contributed by atoms with Crippen LogP contribution in [0.15, 0.2) is 6.33 Å². The minimum Gasteiger partial charge on any atom is -0.476 e. The number of ether oxygens (including phenoxy) is 1. The zero-order valence-electron chi connectivity index (χ0n) is 10.5. The van der Waals surface area contributed by atoms with Gasteiger partial charge in [-0.3, -0.25) is 10.1 Å². The van der Waals surface area contributed by atoms with E-state index in [1.54, 1.807) is 0 Å². The first kappa shape index (κ1) is 14.1. The third kappa shape index (κ3) is 3.81. The van der Waals surface area contributed by atoms with Gasteiger partial charge in [-0.15, -0.1) is 0 Å². The van der Waals surface area contributed by atoms with Crippen LogP contribution in [0.25, 0.3) is 0 Å². The molecule has 0 aliphatic heterocycles. The van der Waals surface area contributed by atoms with Crippen LogP contribution in [0.3, 0.4) is 0 Å². The van der Waals surface area contributed by atoms with E-state index in [2.05, 4.69) is 20.6 Å². The van der Waals surface area contributed by atoms with Crippen molar-refractivity contribution < 1.29 is 9.66 Å². The fourth-order valence-electron chi connectivity index (χ4n) is 1.40. The summed E-state index contributed by atoms with van der Waals surface area (Å²) in [6, 6.07) is 0. The van der Waals surface area contributed by atoms with Crippen molar-refractivity contribution in [3.05, 3.63) is 16.4 Å². The van der Waals surface area contributed by atoms with Crippen LogP contribution in [0.2, 0.25) is 0 Å². The molecule has 0 saturated carbocycles. The molecule has 0 fully saturated rings. The van der Waals surface area contributed by atoms with Crippen molar-refractivity contribution >= 4 is 11.5 Å². The van der Waals surface area contributed by atoms with Crippen LogP contribution >= 0.6 is 0 Å². The summed E-state index contributed by atoms with van der Waals surface area (Å²) in [4.78, 5) is 18.0. The molecule has 100 valence electrons. The molecular formula is C10H17N5O3. The zero-order chi connectivity index (χ0) is 13.4. The molecule has 18 heavy (non-hydrogen) atoms. The van der Waals surface area contributed by atoms with Gasteiger partial charge < -0.3 is 15.4 Å². The van der Waals surface area contributed by atoms with E-state index in [-0.39, 0.29) is 17.4 Å². The largest absolute Gasteiger partial charge is 0.476 e. The Hall–Kier alpha value is -1.96. The van der Waals surface area contributed by atoms with E-state index < -0.39 is 4.92 Å². The molecule has 0 spiro atoms. The van der Waals surface area contributed by atoms with Crippen LogP contribution in [0.1, 0.15) is 13.3 Å². The Morgan fingerprint density at radius 1 is 1.44 bits per heavy atom. The molecule has 1 aromatic heterocycles. The Kier molecular flexibility index (Phi) is 5.78. The van der Waals surface area contributed by atoms with E-state index in [1.165, 1.54) is 13.4 Å². The number of hydrogen-bond acceptors (Lipinski definition) is 7. The van der Waals surface area contributed by atoms with Gasteiger partial charge >= 0.3 is 5.69 Å². The number of aromatic nitrogens is 2. The Morgan fingerprint density at radius 3 is 2.83 bits per heavy atom. The molecule has 0 saturated heterocycles. The van der Waals surface area contributed by atoms with Crippen LogP contribution in [-0.4, -0.2) is 41.6 Å². The van der Waals surface area contributed by atoms with Crippen LogP contribution in [0.5, 0.6) is 5.88 Å². The Bertz CT molecular complexity index is 399. The quantitative estimate of drug-likeness (QED) is 0.402. The van der Waals surface area contributed by atoms with Gasteiger partial charge in [0.2, 0.25) is 5.82 Å². The number of methoxy groups -OCH3 is 1. The molecule has 0 aliphatic rings. The lowest BCUT2D eigenvalue weighted by Gasteiger charge is -2.07. The standard InChI is InChI=1S/C10H17N5O3/c1-3-11-5-4-6-12-9-8(15(16)17)10(18-2)14-7-13-9/h7,11H,3-6H2,1-2H3,(H,12,13,14). The molecule has 0 bridgehead atoms. The summed E-state index contributed by atoms with van der Waals surface area (Å²) in [5, 5.41) is 17.0. The third-order valence-electron chi connectivity index (χ3n) is 2.24. The molecule has 0 radical (unpaired) electrons. The molecule has 2 N–H and O–H groups in total. The number of nitrogens with zero attached hydrogens (tertiary/aromatic N) is 3. The van der Waals surface area contributed by atoms with E-state index in [4.69, 9.17) is 4.74 Å². The van der Waals surface area contributed by atoms with E-state index in [9.17, 15) is 10.1 Å². The Labute approximate surface area is 105 Å². The normalized spacial score (nSPS) is 10.1. The molecular weight excluding hydrogens is 238 g/mol. The van der Waals surface area contributed by atoms with Crippen molar-refractivity contribution in [3.8, 4) is 5.88 Å². The fourth-order valence-corrected chi connectivity index (χ4v) is 1.40. The van der Waals surface area contributed by atoms with E-state index in [0.29, 0.717) is 6.54 Å². The van der Waals surface area contributed by atoms with Crippen LogP contribution in [-0.2, 0) is 0 Å². The van der Waals surface area contributed by atoms with Crippen molar-refractivity contribution in [1.82, 2.24) is 15.3 Å². The molecule has 1 heterocycles. The molecule has 1 rings (SSSR count). The molecule has 0 aromatic carbocycles. The summed E-state index contributed by atoms with van der Waals surface area (Å²) in [5.41, 5.74) is -0.233. The van der Waals surface area contributed by atoms with Gasteiger partial charge in [-0.1, -0.05) is 6.92 Å². The molecule has 1 aromatic rings. The third-order valence-corrected chi connectivity index (χ3v) is 2.24. The van der Waals surface area contributed by atoms with Gasteiger partial charge in [0.15, 0.2) is 0 Å². The predicted octanol–water partition coefficient (Wildman–Crippen LogP) is 0.805. The first-order chi connectivity index (χ1) is 8.70. The molecule has 0 amide bonds. The van der Waals surface area contributed by atoms with Gasteiger partial charge in [-0.05, 0) is 19.5 Å². The second-order valence-electron chi connectivity index (χ2n) is 3.47. The van der Waals surface area contributed by atoms with E-state index in [0.717, 1.165) is 19.5 Å². The first-order valence-electron chi connectivity index (χ1n) is 5.68. The van der Waals surface area contributed by atoms with Crippen LogP contribution in [0.4, 0.5) is 11.5 Å². The van der Waals surface area contributed by atoms with Crippen molar-refractivity contribution in [2.75, 3.05) is 32.1 Å². The number of anilines is 1. The summed E-state index contributed by atoms with van der Waals surface area (Å²) >= 11 is 0. The molecule has 0 unspecified atom stereocenters. The average molecular weight is 255 g/mol. The number of nitro groups is 1. The maximum atomic E-state index is 10.9. The summed E-state index contributed by atoms with van der Waals surface area (Å²) in [6.07, 6.45) is 2.08. The highest BCUT2D eigenvalue weighted by Crippen LogP contribution is 2.30. The summed E-state index contributed by atoms with van der Waals surface area (Å²) < 4.78 is 4.85. The highest BCUT2D eigenvalue weighted by molar-refractivity contribution is 5.60. The van der Waals surface area contributed by atoms with Crippen LogP contribution in [0, 0.1) is 10.1 Å². The molecule has 0 aliphatic carbocycles. The lowest BCUT2D eigenvalue weighted by Crippen LogP contribution is -2.17. The number of nitrogens with one attached hydrogen (secondary N) is 2. The molecule has 0 atom stereocenters. The SMILES string of the molecule is CCNCCCNc1ncnc(OC)c1[N+](=O)[O-]. The minimum atomic E-state index is -0.550. The van der Waals surface area contributed by atoms with Gasteiger partial charge in [0.1, 0.15) is 6.33 Å². The minimum absolute atomic E-state index is 0.0378. The second kappa shape index (κ2) is 7.38. The van der Waals surface area contributed by atoms with Crippen molar-refractivity contribution in [2.24, 2.45) is 0 Å². The summed E-state index contributed by atoms with van der Waals surface area (Å²) in [6.45, 7) is 4.36. The first-order valence-corrected chi connectivity index (χ1v) is 5.68. The van der Waals surface area contributed by atoms with Gasteiger partial charge in [0.25, 0.3) is 5.88 Å². The Morgan fingerprint density at radius 2 is 2.22 bits per heavy atom. The van der Waals surface area contributed by atoms with E-state index in [1.807, 2.05) is 6.92 Å². The summed E-state index contributed by atoms with van der Waals surface area (Å²) in [5.74, 6) is 0.146. The highest BCUT2D eigenvalue weighted by Gasteiger charge is 2.23. The number of rotatable bonds is 8. The van der Waals surface area contributed by atoms with E-state index >= 15 is 0 Å². The second-order valence-corrected chi connectivity index (χ2v) is 3.47. The molecule has 8 nitrogen and oxygen atoms in total. The molecule has 8 heteroatoms. The number of hydrogen-bond donors (Lipinski definition) is 2. The lowest BCUT2D eigenvalue weighted by atomic mass is 10.4. The van der Waals surface area contributed by atoms with Gasteiger partial charge in [-0.25, -0.2) is 4.98 Å². The van der Waals surface area contributed by atoms with Gasteiger partial charge in [0, 0.05) is 6.54 Å². The Balaban J connectivity index is 2.67. The van der Waals surface area contributed by atoms with Gasteiger partial charge in [0.05, 0.1) is 12.0 Å². The van der Waals surface area contributed by atoms with Crippen LogP contribution < -0.4 is 15.4 Å². The predicted molar refractivity (Wildman–Crippen MR) is 66.9 cm³/mol. The summed E-state index contributed by atoms with van der Waals surface area (Å²) in [7, 11) is 1.34. The fraction of sp³-hybridized carbons (Fsp3) is 0.600. The maximum absolute atomic E-state index is 10.9. The van der Waals surface area contributed by atoms with Crippen molar-refractivity contribution in [1.29, 1.82) is 0 Å². The average Bonchev–Trinajstić information content (AvgIpc) is 2.37.